The minimum Gasteiger partial charge on any atom is -0.369 e. The van der Waals surface area contributed by atoms with Gasteiger partial charge >= 0.3 is 0 Å². The Morgan fingerprint density at radius 2 is 2.12 bits per heavy atom. The van der Waals surface area contributed by atoms with Crippen molar-refractivity contribution in [3.8, 4) is 0 Å². The highest BCUT2D eigenvalue weighted by molar-refractivity contribution is 7.80. The van der Waals surface area contributed by atoms with E-state index in [4.69, 9.17) is 0 Å². The molecule has 32 heavy (non-hydrogen) atoms. The number of rotatable bonds is 9. The molecule has 1 saturated carbocycles. The van der Waals surface area contributed by atoms with E-state index >= 15 is 0 Å². The zero-order valence-electron chi connectivity index (χ0n) is 18.0. The average molecular weight is 480 g/mol. The second kappa shape index (κ2) is 10.8. The van der Waals surface area contributed by atoms with Gasteiger partial charge in [0.1, 0.15) is 11.9 Å². The Morgan fingerprint density at radius 1 is 1.31 bits per heavy atom. The van der Waals surface area contributed by atoms with Gasteiger partial charge in [-0.3, -0.25) is 13.7 Å². The summed E-state index contributed by atoms with van der Waals surface area (Å²) in [5, 5.41) is 6.65. The number of nitrogens with zero attached hydrogens (tertiary/aromatic N) is 2. The summed E-state index contributed by atoms with van der Waals surface area (Å²) in [7, 11) is 0. The summed E-state index contributed by atoms with van der Waals surface area (Å²) in [6.45, 7) is 1.83. The third-order valence-corrected chi connectivity index (χ3v) is 7.98. The maximum absolute atomic E-state index is 13.5. The van der Waals surface area contributed by atoms with Crippen LogP contribution in [0.4, 0.5) is 15.8 Å². The summed E-state index contributed by atoms with van der Waals surface area (Å²) in [5.74, 6) is -0.0674. The number of carbonyl (C=O) groups is 1. The van der Waals surface area contributed by atoms with E-state index in [0.717, 1.165) is 49.9 Å². The van der Waals surface area contributed by atoms with Crippen LogP contribution in [0.3, 0.4) is 0 Å². The predicted octanol–water partition coefficient (Wildman–Crippen LogP) is 4.35. The minimum absolute atomic E-state index is 0.220. The highest BCUT2D eigenvalue weighted by atomic mass is 32.2. The molecule has 4 rings (SSSR count). The smallest absolute Gasteiger partial charge is 0.262 e. The number of thiophene rings is 1. The molecule has 0 spiro atoms. The van der Waals surface area contributed by atoms with Gasteiger partial charge in [0.05, 0.1) is 5.69 Å². The minimum atomic E-state index is -2.29. The second-order valence-electron chi connectivity index (χ2n) is 8.59. The molecule has 2 aromatic rings. The van der Waals surface area contributed by atoms with Gasteiger partial charge in [-0.05, 0) is 54.0 Å². The summed E-state index contributed by atoms with van der Waals surface area (Å²) >= 11 is -0.857. The number of benzene rings is 1. The van der Waals surface area contributed by atoms with Crippen molar-refractivity contribution < 1.29 is 17.9 Å². The molecule has 174 valence electrons. The number of hydrogen-bond donors (Lipinski definition) is 2. The van der Waals surface area contributed by atoms with Crippen LogP contribution < -0.4 is 14.5 Å². The lowest BCUT2D eigenvalue weighted by molar-refractivity contribution is -0.122. The fraction of sp³-hybridized carbons (Fsp3) is 0.522. The van der Waals surface area contributed by atoms with E-state index in [-0.39, 0.29) is 11.7 Å². The molecule has 0 bridgehead atoms. The van der Waals surface area contributed by atoms with Gasteiger partial charge < -0.3 is 10.2 Å². The largest absolute Gasteiger partial charge is 0.369 e. The van der Waals surface area contributed by atoms with Crippen LogP contribution in [-0.2, 0) is 22.5 Å². The van der Waals surface area contributed by atoms with Gasteiger partial charge in [-0.1, -0.05) is 32.1 Å². The van der Waals surface area contributed by atoms with E-state index < -0.39 is 17.3 Å². The number of hydrogen-bond acceptors (Lipinski definition) is 4. The molecule has 0 radical (unpaired) electrons. The fourth-order valence-electron chi connectivity index (χ4n) is 4.91. The predicted molar refractivity (Wildman–Crippen MR) is 128 cm³/mol. The van der Waals surface area contributed by atoms with E-state index in [0.29, 0.717) is 31.1 Å². The van der Waals surface area contributed by atoms with E-state index in [2.05, 4.69) is 10.2 Å². The molecule has 2 atom stereocenters. The number of halogens is 1. The Labute approximate surface area is 195 Å². The highest BCUT2D eigenvalue weighted by Gasteiger charge is 2.33. The van der Waals surface area contributed by atoms with E-state index in [9.17, 15) is 17.9 Å². The monoisotopic (exact) mass is 479 g/mol. The van der Waals surface area contributed by atoms with Crippen molar-refractivity contribution in [1.29, 1.82) is 0 Å². The molecule has 2 heterocycles. The van der Waals surface area contributed by atoms with Crippen LogP contribution in [0.25, 0.3) is 0 Å². The molecular weight excluding hydrogens is 449 g/mol. The standard InChI is InChI=1S/C23H30FN3O3S2/c24-19-6-7-21-18(15-19)8-11-26(21)12-10-25-23(28)22(14-17-4-2-1-3-5-17)27(32(29)30)20-9-13-31-16-20/h6-7,9,13,15-17,22H,1-5,8,10-12,14H2,(H,25,28)(H,29,30). The Balaban J connectivity index is 1.42. The fourth-order valence-corrected chi connectivity index (χ4v) is 6.30. The van der Waals surface area contributed by atoms with Crippen LogP contribution in [0.1, 0.15) is 44.1 Å². The second-order valence-corrected chi connectivity index (χ2v) is 10.2. The van der Waals surface area contributed by atoms with Crippen LogP contribution in [0.2, 0.25) is 0 Å². The lowest BCUT2D eigenvalue weighted by Gasteiger charge is -2.32. The van der Waals surface area contributed by atoms with Crippen molar-refractivity contribution >= 4 is 39.9 Å². The topological polar surface area (TPSA) is 72.9 Å². The van der Waals surface area contributed by atoms with Crippen molar-refractivity contribution in [2.75, 3.05) is 28.8 Å². The summed E-state index contributed by atoms with van der Waals surface area (Å²) in [6.07, 6.45) is 6.99. The molecule has 6 nitrogen and oxygen atoms in total. The first-order valence-corrected chi connectivity index (χ1v) is 13.3. The Hall–Kier alpha value is -1.97. The number of amides is 1. The number of anilines is 2. The molecule has 2 N–H and O–H groups in total. The number of fused-ring (bicyclic) bond motifs is 1. The van der Waals surface area contributed by atoms with Crippen molar-refractivity contribution in [2.24, 2.45) is 5.92 Å². The van der Waals surface area contributed by atoms with Crippen LogP contribution in [0, 0.1) is 11.7 Å². The van der Waals surface area contributed by atoms with Crippen molar-refractivity contribution in [3.63, 3.8) is 0 Å². The Bertz CT molecular complexity index is 935. The first-order chi connectivity index (χ1) is 15.5. The van der Waals surface area contributed by atoms with Gasteiger partial charge in [0.25, 0.3) is 11.3 Å². The molecule has 2 unspecified atom stereocenters. The summed E-state index contributed by atoms with van der Waals surface area (Å²) in [4.78, 5) is 15.4. The Kier molecular flexibility index (Phi) is 7.80. The summed E-state index contributed by atoms with van der Waals surface area (Å²) in [6, 6.07) is 5.91. The van der Waals surface area contributed by atoms with Gasteiger partial charge in [0, 0.05) is 30.7 Å². The van der Waals surface area contributed by atoms with Crippen molar-refractivity contribution in [2.45, 2.75) is 51.0 Å². The molecule has 1 aromatic heterocycles. The zero-order chi connectivity index (χ0) is 22.5. The molecule has 2 aliphatic rings. The lowest BCUT2D eigenvalue weighted by atomic mass is 9.84. The normalized spacial score (nSPS) is 18.2. The quantitative estimate of drug-likeness (QED) is 0.525. The molecule has 1 aliphatic heterocycles. The van der Waals surface area contributed by atoms with Crippen LogP contribution >= 0.6 is 11.3 Å². The van der Waals surface area contributed by atoms with Gasteiger partial charge in [-0.2, -0.15) is 11.3 Å². The van der Waals surface area contributed by atoms with Crippen LogP contribution in [0.5, 0.6) is 0 Å². The van der Waals surface area contributed by atoms with E-state index in [1.165, 1.54) is 28.1 Å². The van der Waals surface area contributed by atoms with Crippen molar-refractivity contribution in [3.05, 3.63) is 46.4 Å². The number of nitrogens with one attached hydrogen (secondary N) is 1. The van der Waals surface area contributed by atoms with Crippen molar-refractivity contribution in [1.82, 2.24) is 5.32 Å². The number of carbonyl (C=O) groups excluding carboxylic acids is 1. The van der Waals surface area contributed by atoms with Gasteiger partial charge in [-0.25, -0.2) is 8.60 Å². The SMILES string of the molecule is O=C(NCCN1CCc2cc(F)ccc21)C(CC1CCCCC1)N(c1ccsc1)S(=O)O. The summed E-state index contributed by atoms with van der Waals surface area (Å²) < 4.78 is 37.1. The first kappa shape index (κ1) is 23.2. The third-order valence-electron chi connectivity index (χ3n) is 6.51. The molecule has 1 fully saturated rings. The van der Waals surface area contributed by atoms with Crippen LogP contribution in [0.15, 0.2) is 35.0 Å². The Morgan fingerprint density at radius 3 is 2.84 bits per heavy atom. The summed E-state index contributed by atoms with van der Waals surface area (Å²) in [5.41, 5.74) is 2.60. The zero-order valence-corrected chi connectivity index (χ0v) is 19.7. The van der Waals surface area contributed by atoms with Gasteiger partial charge in [0.15, 0.2) is 0 Å². The first-order valence-electron chi connectivity index (χ1n) is 11.3. The molecule has 9 heteroatoms. The maximum Gasteiger partial charge on any atom is 0.262 e. The van der Waals surface area contributed by atoms with Gasteiger partial charge in [-0.15, -0.1) is 0 Å². The highest BCUT2D eigenvalue weighted by Crippen LogP contribution is 2.32. The maximum atomic E-state index is 13.5. The lowest BCUT2D eigenvalue weighted by Crippen LogP contribution is -2.50. The van der Waals surface area contributed by atoms with Crippen LogP contribution in [-0.4, -0.2) is 40.3 Å². The van der Waals surface area contributed by atoms with E-state index in [1.807, 2.05) is 5.38 Å². The average Bonchev–Trinajstić information content (AvgIpc) is 3.44. The van der Waals surface area contributed by atoms with E-state index in [1.54, 1.807) is 23.6 Å². The molecule has 1 aliphatic carbocycles. The third kappa shape index (κ3) is 5.50. The molecule has 1 amide bonds. The van der Waals surface area contributed by atoms with Gasteiger partial charge in [0.2, 0.25) is 5.91 Å². The molecule has 1 aromatic carbocycles. The molecule has 0 saturated heterocycles. The molecular formula is C23H30FN3O3S2.